The number of aromatic nitrogens is 2. The molecular weight excluding hydrogens is 423 g/mol. The number of rotatable bonds is 4. The van der Waals surface area contributed by atoms with Gasteiger partial charge in [0, 0.05) is 31.7 Å². The van der Waals surface area contributed by atoms with E-state index in [2.05, 4.69) is 10.2 Å². The summed E-state index contributed by atoms with van der Waals surface area (Å²) in [6, 6.07) is 12.9. The van der Waals surface area contributed by atoms with E-state index in [4.69, 9.17) is 11.6 Å². The van der Waals surface area contributed by atoms with Crippen LogP contribution in [0.15, 0.2) is 52.7 Å². The van der Waals surface area contributed by atoms with Crippen LogP contribution in [0.25, 0.3) is 11.3 Å². The minimum atomic E-state index is -3.52. The number of halogens is 2. The number of hydrogen-bond acceptors (Lipinski definition) is 6. The molecule has 10 heteroatoms. The van der Waals surface area contributed by atoms with Gasteiger partial charge in [-0.3, -0.25) is 0 Å². The average molecular weight is 439 g/mol. The molecule has 0 amide bonds. The summed E-state index contributed by atoms with van der Waals surface area (Å²) >= 11 is 6.93. The van der Waals surface area contributed by atoms with E-state index >= 15 is 0 Å². The predicted molar refractivity (Wildman–Crippen MR) is 108 cm³/mol. The highest BCUT2D eigenvalue weighted by atomic mass is 35.5. The fourth-order valence-corrected chi connectivity index (χ4v) is 6.05. The molecule has 3 aromatic rings. The number of piperazine rings is 1. The monoisotopic (exact) mass is 438 g/mol. The molecule has 1 saturated heterocycles. The quantitative estimate of drug-likeness (QED) is 0.623. The molecule has 0 spiro atoms. The first-order valence-corrected chi connectivity index (χ1v) is 11.2. The Labute approximate surface area is 171 Å². The van der Waals surface area contributed by atoms with Gasteiger partial charge >= 0.3 is 0 Å². The van der Waals surface area contributed by atoms with Crippen LogP contribution in [0.2, 0.25) is 4.34 Å². The molecule has 0 bridgehead atoms. The van der Waals surface area contributed by atoms with E-state index in [1.165, 1.54) is 22.5 Å². The second-order valence-electron chi connectivity index (χ2n) is 6.23. The minimum absolute atomic E-state index is 0.259. The van der Waals surface area contributed by atoms with Crippen molar-refractivity contribution in [2.45, 2.75) is 4.21 Å². The second kappa shape index (κ2) is 7.75. The third-order valence-corrected chi connectivity index (χ3v) is 8.09. The van der Waals surface area contributed by atoms with Crippen molar-refractivity contribution < 1.29 is 12.8 Å². The molecule has 146 valence electrons. The standard InChI is InChI=1S/C18H16ClFN4O2S2/c19-16-6-8-18(27-16)28(25,26)24-11-9-23(10-12-24)17-7-5-15(21-22-17)13-1-3-14(20)4-2-13/h1-8H,9-12H2. The Morgan fingerprint density at radius 3 is 2.21 bits per heavy atom. The Morgan fingerprint density at radius 1 is 0.929 bits per heavy atom. The molecule has 1 aliphatic heterocycles. The van der Waals surface area contributed by atoms with Gasteiger partial charge in [0.1, 0.15) is 10.0 Å². The summed E-state index contributed by atoms with van der Waals surface area (Å²) in [7, 11) is -3.52. The van der Waals surface area contributed by atoms with Gasteiger partial charge in [-0.2, -0.15) is 4.31 Å². The minimum Gasteiger partial charge on any atom is -0.352 e. The van der Waals surface area contributed by atoms with Gasteiger partial charge in [0.15, 0.2) is 5.82 Å². The molecule has 1 fully saturated rings. The van der Waals surface area contributed by atoms with E-state index in [0.29, 0.717) is 42.0 Å². The first-order chi connectivity index (χ1) is 13.4. The van der Waals surface area contributed by atoms with Crippen molar-refractivity contribution in [2.75, 3.05) is 31.1 Å². The van der Waals surface area contributed by atoms with E-state index in [1.54, 1.807) is 18.2 Å². The van der Waals surface area contributed by atoms with Gasteiger partial charge in [-0.05, 0) is 48.5 Å². The third kappa shape index (κ3) is 3.88. The SMILES string of the molecule is O=S(=O)(c1ccc(Cl)s1)N1CCN(c2ccc(-c3ccc(F)cc3)nn2)CC1. The summed E-state index contributed by atoms with van der Waals surface area (Å²) in [5.41, 5.74) is 1.44. The summed E-state index contributed by atoms with van der Waals surface area (Å²) in [6.45, 7) is 1.75. The zero-order chi connectivity index (χ0) is 19.7. The van der Waals surface area contributed by atoms with Crippen molar-refractivity contribution in [1.29, 1.82) is 0 Å². The van der Waals surface area contributed by atoms with Crippen LogP contribution in [-0.4, -0.2) is 49.1 Å². The fraction of sp³-hybridized carbons (Fsp3) is 0.222. The largest absolute Gasteiger partial charge is 0.352 e. The summed E-state index contributed by atoms with van der Waals surface area (Å²) < 4.78 is 40.6. The van der Waals surface area contributed by atoms with Gasteiger partial charge in [-0.15, -0.1) is 21.5 Å². The second-order valence-corrected chi connectivity index (χ2v) is 10.1. The van der Waals surface area contributed by atoms with Crippen LogP contribution in [-0.2, 0) is 10.0 Å². The Hall–Kier alpha value is -2.07. The number of hydrogen-bond donors (Lipinski definition) is 0. The van der Waals surface area contributed by atoms with Crippen LogP contribution in [0.4, 0.5) is 10.2 Å². The molecule has 0 N–H and O–H groups in total. The van der Waals surface area contributed by atoms with Crippen molar-refractivity contribution in [3.05, 3.63) is 58.7 Å². The molecule has 0 saturated carbocycles. The first-order valence-electron chi connectivity index (χ1n) is 8.53. The molecule has 4 rings (SSSR count). The fourth-order valence-electron chi connectivity index (χ4n) is 2.99. The molecule has 0 radical (unpaired) electrons. The van der Waals surface area contributed by atoms with E-state index in [1.807, 2.05) is 17.0 Å². The molecule has 3 heterocycles. The lowest BCUT2D eigenvalue weighted by molar-refractivity contribution is 0.384. The number of anilines is 1. The lowest BCUT2D eigenvalue weighted by Crippen LogP contribution is -2.48. The lowest BCUT2D eigenvalue weighted by Gasteiger charge is -2.34. The molecule has 0 unspecified atom stereocenters. The van der Waals surface area contributed by atoms with Gasteiger partial charge < -0.3 is 4.90 Å². The molecule has 6 nitrogen and oxygen atoms in total. The summed E-state index contributed by atoms with van der Waals surface area (Å²) in [5, 5.41) is 8.46. The first kappa shape index (κ1) is 19.3. The van der Waals surface area contributed by atoms with Gasteiger partial charge in [0.2, 0.25) is 0 Å². The number of thiophene rings is 1. The number of nitrogens with zero attached hydrogens (tertiary/aromatic N) is 4. The molecule has 0 aliphatic carbocycles. The molecule has 1 aliphatic rings. The number of sulfonamides is 1. The van der Waals surface area contributed by atoms with Gasteiger partial charge in [-0.25, -0.2) is 12.8 Å². The summed E-state index contributed by atoms with van der Waals surface area (Å²) in [6.07, 6.45) is 0. The van der Waals surface area contributed by atoms with Gasteiger partial charge in [0.25, 0.3) is 10.0 Å². The maximum Gasteiger partial charge on any atom is 0.252 e. The molecule has 28 heavy (non-hydrogen) atoms. The predicted octanol–water partition coefficient (Wildman–Crippen LogP) is 3.51. The van der Waals surface area contributed by atoms with Crippen LogP contribution in [0.5, 0.6) is 0 Å². The van der Waals surface area contributed by atoms with Gasteiger partial charge in [-0.1, -0.05) is 11.6 Å². The lowest BCUT2D eigenvalue weighted by atomic mass is 10.1. The van der Waals surface area contributed by atoms with Crippen molar-refractivity contribution in [3.63, 3.8) is 0 Å². The molecular formula is C18H16ClFN4O2S2. The maximum atomic E-state index is 13.0. The normalized spacial score (nSPS) is 15.7. The molecule has 0 atom stereocenters. The Bertz CT molecular complexity index is 1060. The number of benzene rings is 1. The van der Waals surface area contributed by atoms with Crippen LogP contribution in [0, 0.1) is 5.82 Å². The van der Waals surface area contributed by atoms with Crippen molar-refractivity contribution in [2.24, 2.45) is 0 Å². The zero-order valence-electron chi connectivity index (χ0n) is 14.6. The third-order valence-electron chi connectivity index (χ3n) is 4.50. The Morgan fingerprint density at radius 2 is 1.64 bits per heavy atom. The van der Waals surface area contributed by atoms with Crippen molar-refractivity contribution >= 4 is 38.8 Å². The van der Waals surface area contributed by atoms with Crippen molar-refractivity contribution in [1.82, 2.24) is 14.5 Å². The zero-order valence-corrected chi connectivity index (χ0v) is 17.0. The summed E-state index contributed by atoms with van der Waals surface area (Å²) in [4.78, 5) is 1.99. The van der Waals surface area contributed by atoms with Gasteiger partial charge in [0.05, 0.1) is 10.0 Å². The highest BCUT2D eigenvalue weighted by molar-refractivity contribution is 7.91. The topological polar surface area (TPSA) is 66.4 Å². The molecule has 2 aromatic heterocycles. The van der Waals surface area contributed by atoms with E-state index < -0.39 is 10.0 Å². The smallest absolute Gasteiger partial charge is 0.252 e. The average Bonchev–Trinajstić information content (AvgIpc) is 3.16. The van der Waals surface area contributed by atoms with E-state index in [0.717, 1.165) is 16.9 Å². The highest BCUT2D eigenvalue weighted by Crippen LogP contribution is 2.29. The Balaban J connectivity index is 1.43. The Kier molecular flexibility index (Phi) is 5.33. The van der Waals surface area contributed by atoms with Crippen LogP contribution in [0.1, 0.15) is 0 Å². The van der Waals surface area contributed by atoms with E-state index in [-0.39, 0.29) is 10.0 Å². The highest BCUT2D eigenvalue weighted by Gasteiger charge is 2.30. The molecule has 1 aromatic carbocycles. The van der Waals surface area contributed by atoms with Crippen LogP contribution < -0.4 is 4.90 Å². The summed E-state index contributed by atoms with van der Waals surface area (Å²) in [5.74, 6) is 0.382. The van der Waals surface area contributed by atoms with Crippen molar-refractivity contribution in [3.8, 4) is 11.3 Å². The van der Waals surface area contributed by atoms with Crippen LogP contribution >= 0.6 is 22.9 Å². The van der Waals surface area contributed by atoms with E-state index in [9.17, 15) is 12.8 Å². The maximum absolute atomic E-state index is 13.0. The van der Waals surface area contributed by atoms with Crippen LogP contribution in [0.3, 0.4) is 0 Å².